The van der Waals surface area contributed by atoms with Crippen LogP contribution in [0.2, 0.25) is 0 Å². The Balaban J connectivity index is 0.835. The summed E-state index contributed by atoms with van der Waals surface area (Å²) in [5.41, 5.74) is 5.22. The Hall–Kier alpha value is -2.96. The first-order valence-electron chi connectivity index (χ1n) is 25.0. The van der Waals surface area contributed by atoms with Crippen molar-refractivity contribution in [3.63, 3.8) is 0 Å². The van der Waals surface area contributed by atoms with Crippen LogP contribution in [0.1, 0.15) is 149 Å². The first-order valence-corrected chi connectivity index (χ1v) is 25.0. The molecule has 8 aliphatic rings. The second-order valence-electron chi connectivity index (χ2n) is 22.7. The zero-order valence-corrected chi connectivity index (χ0v) is 39.5. The van der Waals surface area contributed by atoms with E-state index in [4.69, 9.17) is 9.47 Å². The highest BCUT2D eigenvalue weighted by Gasteiger charge is 2.66. The van der Waals surface area contributed by atoms with Gasteiger partial charge in [-0.1, -0.05) is 57.4 Å². The molecule has 3 unspecified atom stereocenters. The van der Waals surface area contributed by atoms with Crippen LogP contribution in [0.5, 0.6) is 0 Å². The van der Waals surface area contributed by atoms with Crippen LogP contribution >= 0.6 is 0 Å². The molecule has 344 valence electrons. The van der Waals surface area contributed by atoms with E-state index in [9.17, 15) is 24.9 Å². The number of likely N-dealkylation sites (N-methyl/N-ethyl adjacent to an activating group) is 1. The number of aliphatic hydroxyl groups is 3. The van der Waals surface area contributed by atoms with Gasteiger partial charge in [0, 0.05) is 49.9 Å². The Morgan fingerprint density at radius 1 is 0.984 bits per heavy atom. The van der Waals surface area contributed by atoms with Gasteiger partial charge in [0.25, 0.3) is 0 Å². The van der Waals surface area contributed by atoms with Crippen molar-refractivity contribution in [2.45, 2.75) is 167 Å². The van der Waals surface area contributed by atoms with E-state index in [1.54, 1.807) is 5.57 Å². The van der Waals surface area contributed by atoms with Crippen LogP contribution in [0.15, 0.2) is 47.1 Å². The number of esters is 1. The van der Waals surface area contributed by atoms with Gasteiger partial charge < -0.3 is 29.7 Å². The lowest BCUT2D eigenvalue weighted by Gasteiger charge is -2.63. The van der Waals surface area contributed by atoms with E-state index in [0.717, 1.165) is 95.7 Å². The molecule has 7 saturated carbocycles. The number of fused-ring (bicyclic) bond motifs is 9. The van der Waals surface area contributed by atoms with E-state index in [1.807, 2.05) is 6.92 Å². The molecule has 0 radical (unpaired) electrons. The number of carbonyl (C=O) groups is 2. The summed E-state index contributed by atoms with van der Waals surface area (Å²) >= 11 is 0. The number of rotatable bonds is 10. The van der Waals surface area contributed by atoms with Crippen LogP contribution in [-0.2, 0) is 19.1 Å². The first kappa shape index (κ1) is 45.2. The molecule has 8 heteroatoms. The second kappa shape index (κ2) is 17.0. The normalized spacial score (nSPS) is 43.2. The second-order valence-corrected chi connectivity index (χ2v) is 22.7. The molecule has 8 nitrogen and oxygen atoms in total. The van der Waals surface area contributed by atoms with Gasteiger partial charge in [0.05, 0.1) is 32.0 Å². The van der Waals surface area contributed by atoms with E-state index in [1.165, 1.54) is 23.8 Å². The van der Waals surface area contributed by atoms with Crippen molar-refractivity contribution in [2.24, 2.45) is 63.6 Å². The Kier molecular flexibility index (Phi) is 12.2. The highest BCUT2D eigenvalue weighted by Crippen LogP contribution is 2.69. The highest BCUT2D eigenvalue weighted by atomic mass is 16.5. The molecule has 0 aliphatic heterocycles. The van der Waals surface area contributed by atoms with E-state index >= 15 is 0 Å². The monoisotopic (exact) mass is 864 g/mol. The van der Waals surface area contributed by atoms with Gasteiger partial charge in [-0.3, -0.25) is 9.59 Å². The number of ketones is 1. The van der Waals surface area contributed by atoms with Crippen molar-refractivity contribution in [3.05, 3.63) is 52.6 Å². The molecule has 63 heavy (non-hydrogen) atoms. The lowest BCUT2D eigenvalue weighted by atomic mass is 9.43. The molecular weight excluding hydrogens is 787 g/mol. The maximum Gasteiger partial charge on any atom is 0.305 e. The van der Waals surface area contributed by atoms with Gasteiger partial charge in [0.15, 0.2) is 0 Å². The Bertz CT molecular complexity index is 2050. The molecule has 16 atom stereocenters. The van der Waals surface area contributed by atoms with Crippen molar-refractivity contribution < 1.29 is 34.4 Å². The smallest absolute Gasteiger partial charge is 0.305 e. The SMILES string of the molecule is CC#C[C@]1(O)CCC2C3CC=C4CC(=O)CCC4=C3[C@@H](c3ccc(N(C)CCO[C@H]4CC[C@@]5(C)[C@@H](C4)C[C@@H](O)[C@@H]4[C@@H]5C[C@H](O)[C@]5(C)C([C@H](C)CCC(=O)OC)CC[C@@H]45)cc3)C[C@@]21C. The molecule has 3 N–H and O–H groups in total. The van der Waals surface area contributed by atoms with E-state index < -0.39 is 11.7 Å². The Labute approximate surface area is 378 Å². The van der Waals surface area contributed by atoms with E-state index in [2.05, 4.69) is 81.8 Å². The predicted molar refractivity (Wildman–Crippen MR) is 247 cm³/mol. The number of carbonyl (C=O) groups excluding carboxylic acids is 2. The third-order valence-electron chi connectivity index (χ3n) is 20.2. The van der Waals surface area contributed by atoms with Crippen LogP contribution < -0.4 is 4.90 Å². The number of aliphatic hydroxyl groups excluding tert-OH is 2. The molecule has 9 rings (SSSR count). The maximum atomic E-state index is 12.6. The first-order chi connectivity index (χ1) is 30.1. The minimum Gasteiger partial charge on any atom is -0.469 e. The summed E-state index contributed by atoms with van der Waals surface area (Å²) in [5.74, 6) is 9.32. The van der Waals surface area contributed by atoms with E-state index in [-0.39, 0.29) is 46.3 Å². The topological polar surface area (TPSA) is 117 Å². The summed E-state index contributed by atoms with van der Waals surface area (Å²) < 4.78 is 11.6. The molecule has 8 aliphatic carbocycles. The standard InChI is InChI=1S/C55H77NO7/c1-8-23-55(61)25-22-44-41-16-12-35-28-38(57)15-17-40(35)50(41)42(32-53(44,55)4)34-10-13-37(14-11-34)56(6)26-27-63-39-21-24-52(3)36(29-39)30-47(58)51-45-19-18-43(33(2)9-20-49(60)62-7)54(45,5)48(59)31-46(51)52/h10-14,33,36,39,41-48,51,58-59,61H,9,15-22,24-32H2,1-7H3/t33-,36+,39+,41?,42-,43?,44?,45+,46+,47-,48+,51+,52+,53+,54-,55+/m1/s1. The molecule has 1 aromatic rings. The molecule has 1 aromatic carbocycles. The molecule has 0 bridgehead atoms. The van der Waals surface area contributed by atoms with Crippen molar-refractivity contribution in [1.82, 2.24) is 0 Å². The lowest BCUT2D eigenvalue weighted by molar-refractivity contribution is -0.209. The predicted octanol–water partition coefficient (Wildman–Crippen LogP) is 9.35. The number of methoxy groups -OCH3 is 1. The van der Waals surface area contributed by atoms with Crippen LogP contribution in [0.25, 0.3) is 0 Å². The molecule has 0 aromatic heterocycles. The van der Waals surface area contributed by atoms with Crippen LogP contribution in [0, 0.1) is 75.4 Å². The molecule has 0 saturated heterocycles. The van der Waals surface area contributed by atoms with Gasteiger partial charge in [0.2, 0.25) is 0 Å². The number of benzene rings is 1. The molecule has 0 spiro atoms. The minimum atomic E-state index is -0.988. The highest BCUT2D eigenvalue weighted by molar-refractivity contribution is 5.84. The van der Waals surface area contributed by atoms with Crippen LogP contribution in [0.3, 0.4) is 0 Å². The fraction of sp³-hybridized carbons (Fsp3) is 0.745. The van der Waals surface area contributed by atoms with Crippen molar-refractivity contribution in [1.29, 1.82) is 0 Å². The summed E-state index contributed by atoms with van der Waals surface area (Å²) in [4.78, 5) is 26.8. The largest absolute Gasteiger partial charge is 0.469 e. The third-order valence-corrected chi connectivity index (χ3v) is 20.2. The number of anilines is 1. The summed E-state index contributed by atoms with van der Waals surface area (Å²) in [6.07, 6.45) is 15.2. The van der Waals surface area contributed by atoms with Gasteiger partial charge in [0.1, 0.15) is 11.4 Å². The lowest BCUT2D eigenvalue weighted by Crippen LogP contribution is -2.62. The average molecular weight is 864 g/mol. The van der Waals surface area contributed by atoms with E-state index in [0.29, 0.717) is 73.1 Å². The summed E-state index contributed by atoms with van der Waals surface area (Å²) in [6.45, 7) is 12.6. The van der Waals surface area contributed by atoms with Gasteiger partial charge in [-0.15, -0.1) is 5.92 Å². The van der Waals surface area contributed by atoms with Crippen molar-refractivity contribution in [3.8, 4) is 11.8 Å². The van der Waals surface area contributed by atoms with Crippen LogP contribution in [0.4, 0.5) is 5.69 Å². The molecule has 7 fully saturated rings. The molecule has 0 heterocycles. The quantitative estimate of drug-likeness (QED) is 0.158. The maximum absolute atomic E-state index is 12.6. The van der Waals surface area contributed by atoms with Gasteiger partial charge in [-0.25, -0.2) is 0 Å². The fourth-order valence-electron chi connectivity index (χ4n) is 16.7. The van der Waals surface area contributed by atoms with Gasteiger partial charge in [-0.2, -0.15) is 0 Å². The average Bonchev–Trinajstić information content (AvgIpc) is 3.76. The zero-order chi connectivity index (χ0) is 44.6. The Morgan fingerprint density at radius 2 is 1.76 bits per heavy atom. The third kappa shape index (κ3) is 7.41. The van der Waals surface area contributed by atoms with Crippen molar-refractivity contribution >= 4 is 17.4 Å². The number of nitrogens with zero attached hydrogens (tertiary/aromatic N) is 1. The van der Waals surface area contributed by atoms with Crippen molar-refractivity contribution in [2.75, 3.05) is 32.2 Å². The number of hydrogen-bond donors (Lipinski definition) is 3. The number of Topliss-reactive ketones (excluding diaryl/α,β-unsaturated/α-hetero) is 1. The Morgan fingerprint density at radius 3 is 2.51 bits per heavy atom. The number of hydrogen-bond acceptors (Lipinski definition) is 8. The number of allylic oxidation sites excluding steroid dienone is 4. The van der Waals surface area contributed by atoms with Gasteiger partial charge in [-0.05, 0) is 177 Å². The summed E-state index contributed by atoms with van der Waals surface area (Å²) in [6, 6.07) is 9.13. The summed E-state index contributed by atoms with van der Waals surface area (Å²) in [7, 11) is 3.60. The minimum absolute atomic E-state index is 0.0798. The zero-order valence-electron chi connectivity index (χ0n) is 39.5. The molecular formula is C55H77NO7. The summed E-state index contributed by atoms with van der Waals surface area (Å²) in [5, 5.41) is 36.1. The molecule has 0 amide bonds. The number of ether oxygens (including phenoxy) is 2. The van der Waals surface area contributed by atoms with Crippen LogP contribution in [-0.4, -0.2) is 78.3 Å². The fourth-order valence-corrected chi connectivity index (χ4v) is 16.7. The van der Waals surface area contributed by atoms with Gasteiger partial charge >= 0.3 is 5.97 Å².